The van der Waals surface area contributed by atoms with Crippen molar-refractivity contribution in [1.29, 1.82) is 0 Å². The van der Waals surface area contributed by atoms with Gasteiger partial charge in [-0.25, -0.2) is 9.59 Å². The molecule has 0 spiro atoms. The number of benzene rings is 1. The van der Waals surface area contributed by atoms with E-state index in [9.17, 15) is 14.4 Å². The molecule has 0 saturated carbocycles. The summed E-state index contributed by atoms with van der Waals surface area (Å²) in [5, 5.41) is 2.64. The lowest BCUT2D eigenvalue weighted by Crippen LogP contribution is -2.11. The van der Waals surface area contributed by atoms with Gasteiger partial charge in [0.1, 0.15) is 6.61 Å². The molecule has 0 fully saturated rings. The van der Waals surface area contributed by atoms with Gasteiger partial charge in [-0.05, 0) is 42.5 Å². The Morgan fingerprint density at radius 3 is 2.41 bits per heavy atom. The van der Waals surface area contributed by atoms with Gasteiger partial charge in [-0.2, -0.15) is 0 Å². The quantitative estimate of drug-likeness (QED) is 0.664. The summed E-state index contributed by atoms with van der Waals surface area (Å²) in [6, 6.07) is 10.8. The van der Waals surface area contributed by atoms with Crippen LogP contribution in [0.1, 0.15) is 37.0 Å². The van der Waals surface area contributed by atoms with E-state index in [1.807, 2.05) is 0 Å². The smallest absolute Gasteiger partial charge is 0.374 e. The minimum absolute atomic E-state index is 0.0127. The lowest BCUT2D eigenvalue weighted by atomic mass is 10.2. The normalized spacial score (nSPS) is 10.3. The van der Waals surface area contributed by atoms with Gasteiger partial charge in [0, 0.05) is 11.3 Å². The Morgan fingerprint density at radius 1 is 0.963 bits per heavy atom. The zero-order chi connectivity index (χ0) is 19.2. The standard InChI is InChI=1S/C19H15NO7/c1-24-19(23)16-13(8-10-26-16)11-27-18(22)12-4-6-14(7-5-12)20-17(21)15-3-2-9-25-15/h2-10H,11H2,1H3,(H,20,21). The number of carbonyl (C=O) groups is 3. The van der Waals surface area contributed by atoms with Crippen molar-refractivity contribution in [3.8, 4) is 0 Å². The van der Waals surface area contributed by atoms with Crippen molar-refractivity contribution in [3.05, 3.63) is 77.6 Å². The van der Waals surface area contributed by atoms with Gasteiger partial charge in [-0.15, -0.1) is 0 Å². The van der Waals surface area contributed by atoms with Crippen molar-refractivity contribution in [3.63, 3.8) is 0 Å². The molecule has 0 aliphatic rings. The summed E-state index contributed by atoms with van der Waals surface area (Å²) < 4.78 is 19.8. The zero-order valence-corrected chi connectivity index (χ0v) is 14.3. The molecule has 2 heterocycles. The Hall–Kier alpha value is -3.81. The number of furan rings is 2. The first-order valence-electron chi connectivity index (χ1n) is 7.85. The van der Waals surface area contributed by atoms with Crippen LogP contribution < -0.4 is 5.32 Å². The lowest BCUT2D eigenvalue weighted by Gasteiger charge is -2.06. The molecular formula is C19H15NO7. The Labute approximate surface area is 153 Å². The maximum Gasteiger partial charge on any atom is 0.374 e. The maximum absolute atomic E-state index is 12.1. The number of hydrogen-bond acceptors (Lipinski definition) is 7. The molecule has 0 aliphatic carbocycles. The van der Waals surface area contributed by atoms with Gasteiger partial charge in [0.25, 0.3) is 5.91 Å². The number of amides is 1. The molecule has 0 radical (unpaired) electrons. The lowest BCUT2D eigenvalue weighted by molar-refractivity contribution is 0.0453. The Kier molecular flexibility index (Phi) is 5.36. The predicted molar refractivity (Wildman–Crippen MR) is 92.3 cm³/mol. The van der Waals surface area contributed by atoms with Gasteiger partial charge in [0.15, 0.2) is 5.76 Å². The fraction of sp³-hybridized carbons (Fsp3) is 0.105. The largest absolute Gasteiger partial charge is 0.463 e. The van der Waals surface area contributed by atoms with Gasteiger partial charge < -0.3 is 23.6 Å². The van der Waals surface area contributed by atoms with Crippen molar-refractivity contribution >= 4 is 23.5 Å². The highest BCUT2D eigenvalue weighted by Crippen LogP contribution is 2.16. The minimum Gasteiger partial charge on any atom is -0.463 e. The minimum atomic E-state index is -0.650. The van der Waals surface area contributed by atoms with E-state index in [0.29, 0.717) is 11.3 Å². The molecule has 1 amide bonds. The van der Waals surface area contributed by atoms with Crippen LogP contribution >= 0.6 is 0 Å². The molecule has 3 rings (SSSR count). The molecular weight excluding hydrogens is 354 g/mol. The first kappa shape index (κ1) is 18.0. The average Bonchev–Trinajstić information content (AvgIpc) is 3.38. The van der Waals surface area contributed by atoms with E-state index in [2.05, 4.69) is 10.1 Å². The maximum atomic E-state index is 12.1. The topological polar surface area (TPSA) is 108 Å². The third kappa shape index (κ3) is 4.24. The second-order valence-corrected chi connectivity index (χ2v) is 5.35. The summed E-state index contributed by atoms with van der Waals surface area (Å²) in [7, 11) is 1.23. The molecule has 8 heteroatoms. The van der Waals surface area contributed by atoms with Crippen LogP contribution in [0.25, 0.3) is 0 Å². The van der Waals surface area contributed by atoms with Crippen molar-refractivity contribution in [2.24, 2.45) is 0 Å². The number of ether oxygens (including phenoxy) is 2. The van der Waals surface area contributed by atoms with E-state index in [1.54, 1.807) is 24.3 Å². The van der Waals surface area contributed by atoms with Gasteiger partial charge in [-0.1, -0.05) is 0 Å². The van der Waals surface area contributed by atoms with Crippen LogP contribution in [0.3, 0.4) is 0 Å². The van der Waals surface area contributed by atoms with Gasteiger partial charge in [0.05, 0.1) is 25.2 Å². The third-order valence-corrected chi connectivity index (χ3v) is 3.60. The molecule has 2 aromatic heterocycles. The highest BCUT2D eigenvalue weighted by molar-refractivity contribution is 6.02. The summed E-state index contributed by atoms with van der Waals surface area (Å²) >= 11 is 0. The van der Waals surface area contributed by atoms with Crippen molar-refractivity contribution in [2.45, 2.75) is 6.61 Å². The van der Waals surface area contributed by atoms with E-state index >= 15 is 0 Å². The molecule has 3 aromatic rings. The monoisotopic (exact) mass is 369 g/mol. The summed E-state index contributed by atoms with van der Waals surface area (Å²) in [6.07, 6.45) is 2.71. The number of methoxy groups -OCH3 is 1. The molecule has 0 atom stereocenters. The average molecular weight is 369 g/mol. The first-order chi connectivity index (χ1) is 13.1. The van der Waals surface area contributed by atoms with Crippen LogP contribution in [0.2, 0.25) is 0 Å². The number of esters is 2. The highest BCUT2D eigenvalue weighted by atomic mass is 16.5. The second kappa shape index (κ2) is 8.05. The Balaban J connectivity index is 1.59. The first-order valence-corrected chi connectivity index (χ1v) is 7.85. The summed E-state index contributed by atoms with van der Waals surface area (Å²) in [6.45, 7) is -0.142. The number of nitrogens with one attached hydrogen (secondary N) is 1. The van der Waals surface area contributed by atoms with Crippen LogP contribution in [0.15, 0.2) is 63.8 Å². The summed E-state index contributed by atoms with van der Waals surface area (Å²) in [5.41, 5.74) is 1.18. The fourth-order valence-electron chi connectivity index (χ4n) is 2.24. The Bertz CT molecular complexity index is 939. The zero-order valence-electron chi connectivity index (χ0n) is 14.3. The summed E-state index contributed by atoms with van der Waals surface area (Å²) in [5.74, 6) is -1.47. The molecule has 1 N–H and O–H groups in total. The predicted octanol–water partition coefficient (Wildman–Crippen LogP) is 3.27. The number of hydrogen-bond donors (Lipinski definition) is 1. The number of rotatable bonds is 6. The summed E-state index contributed by atoms with van der Waals surface area (Å²) in [4.78, 5) is 35.6. The second-order valence-electron chi connectivity index (χ2n) is 5.35. The van der Waals surface area contributed by atoms with Gasteiger partial charge in [-0.3, -0.25) is 4.79 Å². The molecule has 1 aromatic carbocycles. The Morgan fingerprint density at radius 2 is 1.74 bits per heavy atom. The molecule has 27 heavy (non-hydrogen) atoms. The van der Waals surface area contributed by atoms with Crippen LogP contribution in [0.4, 0.5) is 5.69 Å². The van der Waals surface area contributed by atoms with E-state index in [1.165, 1.54) is 37.8 Å². The molecule has 8 nitrogen and oxygen atoms in total. The fourth-order valence-corrected chi connectivity index (χ4v) is 2.24. The van der Waals surface area contributed by atoms with Gasteiger partial charge in [0.2, 0.25) is 5.76 Å². The van der Waals surface area contributed by atoms with Crippen molar-refractivity contribution < 1.29 is 32.7 Å². The van der Waals surface area contributed by atoms with Crippen molar-refractivity contribution in [2.75, 3.05) is 12.4 Å². The van der Waals surface area contributed by atoms with E-state index in [0.717, 1.165) is 0 Å². The van der Waals surface area contributed by atoms with Gasteiger partial charge >= 0.3 is 11.9 Å². The molecule has 0 bridgehead atoms. The van der Waals surface area contributed by atoms with E-state index in [-0.39, 0.29) is 23.7 Å². The molecule has 0 aliphatic heterocycles. The van der Waals surface area contributed by atoms with E-state index in [4.69, 9.17) is 13.6 Å². The number of anilines is 1. The third-order valence-electron chi connectivity index (χ3n) is 3.60. The SMILES string of the molecule is COC(=O)c1occc1COC(=O)c1ccc(NC(=O)c2ccco2)cc1. The van der Waals surface area contributed by atoms with Crippen LogP contribution in [0.5, 0.6) is 0 Å². The molecule has 0 saturated heterocycles. The molecule has 0 unspecified atom stereocenters. The number of carbonyl (C=O) groups excluding carboxylic acids is 3. The van der Waals surface area contributed by atoms with E-state index < -0.39 is 17.8 Å². The van der Waals surface area contributed by atoms with Crippen LogP contribution in [0, 0.1) is 0 Å². The highest BCUT2D eigenvalue weighted by Gasteiger charge is 2.17. The van der Waals surface area contributed by atoms with Crippen molar-refractivity contribution in [1.82, 2.24) is 0 Å². The molecule has 138 valence electrons. The van der Waals surface area contributed by atoms with Crippen LogP contribution in [-0.4, -0.2) is 25.0 Å². The van der Waals surface area contributed by atoms with Crippen LogP contribution in [-0.2, 0) is 16.1 Å².